The van der Waals surface area contributed by atoms with Crippen molar-refractivity contribution in [2.24, 2.45) is 0 Å². The van der Waals surface area contributed by atoms with E-state index in [1.807, 2.05) is 24.3 Å². The Morgan fingerprint density at radius 1 is 0.975 bits per heavy atom. The molecular weight excluding hydrogens is 553 g/mol. The summed E-state index contributed by atoms with van der Waals surface area (Å²) in [5, 5.41) is 9.75. The predicted molar refractivity (Wildman–Crippen MR) is 154 cm³/mol. The van der Waals surface area contributed by atoms with Crippen LogP contribution in [-0.4, -0.2) is 72.5 Å². The van der Waals surface area contributed by atoms with Crippen LogP contribution in [0.5, 0.6) is 5.75 Å². The third-order valence-electron chi connectivity index (χ3n) is 7.49. The van der Waals surface area contributed by atoms with Crippen LogP contribution < -0.4 is 9.64 Å². The van der Waals surface area contributed by atoms with Crippen LogP contribution in [0.1, 0.15) is 34.8 Å². The Hall–Kier alpha value is -3.59. The highest BCUT2D eigenvalue weighted by Crippen LogP contribution is 2.39. The molecule has 3 aromatic rings. The number of fused-ring (bicyclic) bond motifs is 1. The molecule has 2 heterocycles. The quantitative estimate of drug-likeness (QED) is 0.384. The largest absolute Gasteiger partial charge is 0.482 e. The van der Waals surface area contributed by atoms with Crippen molar-refractivity contribution in [1.82, 2.24) is 9.80 Å². The number of carbonyl (C=O) groups excluding carboxylic acids is 2. The number of rotatable bonds is 8. The molecule has 0 aliphatic carbocycles. The summed E-state index contributed by atoms with van der Waals surface area (Å²) in [6, 6.07) is 17.6. The van der Waals surface area contributed by atoms with E-state index in [1.54, 1.807) is 48.3 Å². The minimum Gasteiger partial charge on any atom is -0.482 e. The van der Waals surface area contributed by atoms with Crippen LogP contribution >= 0.6 is 23.2 Å². The van der Waals surface area contributed by atoms with Crippen LogP contribution in [0.25, 0.3) is 11.1 Å². The fourth-order valence-electron chi connectivity index (χ4n) is 5.15. The number of ether oxygens (including phenoxy) is 1. The molecule has 3 aromatic carbocycles. The number of hydrogen-bond donors (Lipinski definition) is 1. The molecule has 2 aliphatic heterocycles. The summed E-state index contributed by atoms with van der Waals surface area (Å²) < 4.78 is 5.52. The Kier molecular flexibility index (Phi) is 8.30. The van der Waals surface area contributed by atoms with Gasteiger partial charge in [-0.2, -0.15) is 0 Å². The molecule has 10 heteroatoms. The highest BCUT2D eigenvalue weighted by molar-refractivity contribution is 6.42. The first-order valence-electron chi connectivity index (χ1n) is 13.0. The van der Waals surface area contributed by atoms with Gasteiger partial charge in [0.2, 0.25) is 5.91 Å². The minimum atomic E-state index is -0.964. The summed E-state index contributed by atoms with van der Waals surface area (Å²) in [4.78, 5) is 43.1. The topological polar surface area (TPSA) is 90.4 Å². The molecule has 1 N–H and O–H groups in total. The van der Waals surface area contributed by atoms with E-state index >= 15 is 0 Å². The number of likely N-dealkylation sites (tertiary alicyclic amines) is 1. The van der Waals surface area contributed by atoms with E-state index in [0.717, 1.165) is 42.6 Å². The maximum Gasteiger partial charge on any atom is 0.335 e. The molecule has 1 saturated heterocycles. The van der Waals surface area contributed by atoms with Gasteiger partial charge in [0.15, 0.2) is 6.61 Å². The van der Waals surface area contributed by atoms with Gasteiger partial charge in [-0.1, -0.05) is 59.6 Å². The third-order valence-corrected chi connectivity index (χ3v) is 8.21. The second-order valence-electron chi connectivity index (χ2n) is 10.0. The highest BCUT2D eigenvalue weighted by Gasteiger charge is 2.32. The third kappa shape index (κ3) is 5.94. The maximum atomic E-state index is 13.6. The number of benzene rings is 3. The van der Waals surface area contributed by atoms with Crippen molar-refractivity contribution in [1.29, 1.82) is 0 Å². The van der Waals surface area contributed by atoms with Gasteiger partial charge in [0, 0.05) is 19.7 Å². The molecule has 0 bridgehead atoms. The van der Waals surface area contributed by atoms with Crippen molar-refractivity contribution in [3.05, 3.63) is 81.8 Å². The number of anilines is 1. The van der Waals surface area contributed by atoms with E-state index in [2.05, 4.69) is 4.90 Å². The molecule has 1 fully saturated rings. The number of halogens is 2. The number of nitrogens with zero attached hydrogens (tertiary/aromatic N) is 3. The monoisotopic (exact) mass is 581 g/mol. The van der Waals surface area contributed by atoms with Crippen molar-refractivity contribution in [3.8, 4) is 16.9 Å². The molecule has 0 saturated carbocycles. The zero-order valence-electron chi connectivity index (χ0n) is 22.0. The number of likely N-dealkylation sites (N-methyl/N-ethyl adjacent to an activating group) is 1. The molecule has 0 aromatic heterocycles. The highest BCUT2D eigenvalue weighted by atomic mass is 35.5. The molecule has 0 radical (unpaired) electrons. The van der Waals surface area contributed by atoms with Gasteiger partial charge in [-0.05, 0) is 60.8 Å². The smallest absolute Gasteiger partial charge is 0.335 e. The average molecular weight is 582 g/mol. The van der Waals surface area contributed by atoms with Crippen molar-refractivity contribution in [2.45, 2.75) is 18.9 Å². The summed E-state index contributed by atoms with van der Waals surface area (Å²) in [6.07, 6.45) is 2.25. The SMILES string of the molecule is CN(C(=O)CN1C(=O)COc2cc(Cl)c(Cl)cc21)[C@@H](CN1CCCC1)c1ccc(-c2ccc(C(=O)O)cc2)cc1. The Bertz CT molecular complexity index is 1420. The van der Waals surface area contributed by atoms with Gasteiger partial charge in [0.05, 0.1) is 27.3 Å². The summed E-state index contributed by atoms with van der Waals surface area (Å²) in [5.41, 5.74) is 3.47. The lowest BCUT2D eigenvalue weighted by Gasteiger charge is -2.35. The number of carboxylic acids is 1. The standard InChI is InChI=1S/C30H29Cl2N3O5/c1-33(28(36)17-35-25-14-23(31)24(32)15-27(25)40-18-29(35)37)26(16-34-12-2-3-13-34)21-8-4-19(5-9-21)20-6-10-22(11-7-20)30(38)39/h4-11,14-15,26H,2-3,12-13,16-18H2,1H3,(H,38,39)/t26-/m0/s1. The Balaban J connectivity index is 1.38. The molecule has 40 heavy (non-hydrogen) atoms. The lowest BCUT2D eigenvalue weighted by Crippen LogP contribution is -2.47. The van der Waals surface area contributed by atoms with Crippen LogP contribution in [0, 0.1) is 0 Å². The normalized spacial score (nSPS) is 15.9. The van der Waals surface area contributed by atoms with Crippen LogP contribution in [0.15, 0.2) is 60.7 Å². The second-order valence-corrected chi connectivity index (χ2v) is 10.8. The van der Waals surface area contributed by atoms with Crippen molar-refractivity contribution in [3.63, 3.8) is 0 Å². The number of carbonyl (C=O) groups is 3. The Morgan fingerprint density at radius 3 is 2.20 bits per heavy atom. The van der Waals surface area contributed by atoms with Crippen molar-refractivity contribution >= 4 is 46.7 Å². The molecule has 5 rings (SSSR count). The first-order chi connectivity index (χ1) is 19.2. The van der Waals surface area contributed by atoms with Gasteiger partial charge in [0.25, 0.3) is 5.91 Å². The fourth-order valence-corrected chi connectivity index (χ4v) is 5.47. The Labute approximate surface area is 242 Å². The zero-order valence-corrected chi connectivity index (χ0v) is 23.5. The van der Waals surface area contributed by atoms with E-state index in [4.69, 9.17) is 27.9 Å². The summed E-state index contributed by atoms with van der Waals surface area (Å²) in [5.74, 6) is -1.11. The van der Waals surface area contributed by atoms with Crippen molar-refractivity contribution < 1.29 is 24.2 Å². The molecule has 8 nitrogen and oxygen atoms in total. The van der Waals surface area contributed by atoms with Gasteiger partial charge >= 0.3 is 5.97 Å². The molecule has 1 atom stereocenters. The van der Waals surface area contributed by atoms with Gasteiger partial charge in [0.1, 0.15) is 12.3 Å². The number of carboxylic acid groups (broad SMARTS) is 1. The van der Waals surface area contributed by atoms with Gasteiger partial charge < -0.3 is 19.6 Å². The van der Waals surface area contributed by atoms with Crippen LogP contribution in [0.3, 0.4) is 0 Å². The lowest BCUT2D eigenvalue weighted by atomic mass is 9.99. The molecule has 2 amide bonds. The molecule has 2 aliphatic rings. The van der Waals surface area contributed by atoms with E-state index in [1.165, 1.54) is 4.90 Å². The summed E-state index contributed by atoms with van der Waals surface area (Å²) in [7, 11) is 1.77. The van der Waals surface area contributed by atoms with E-state index in [-0.39, 0.29) is 41.6 Å². The lowest BCUT2D eigenvalue weighted by molar-refractivity contribution is -0.133. The number of amides is 2. The Morgan fingerprint density at radius 2 is 1.57 bits per heavy atom. The molecule has 0 unspecified atom stereocenters. The summed E-state index contributed by atoms with van der Waals surface area (Å²) >= 11 is 12.3. The molecule has 208 valence electrons. The number of aromatic carboxylic acids is 1. The molecule has 0 spiro atoms. The van der Waals surface area contributed by atoms with Crippen LogP contribution in [0.4, 0.5) is 5.69 Å². The fraction of sp³-hybridized carbons (Fsp3) is 0.300. The van der Waals surface area contributed by atoms with E-state index in [9.17, 15) is 19.5 Å². The van der Waals surface area contributed by atoms with Crippen LogP contribution in [-0.2, 0) is 9.59 Å². The average Bonchev–Trinajstić information content (AvgIpc) is 3.47. The molecular formula is C30H29Cl2N3O5. The van der Waals surface area contributed by atoms with E-state index < -0.39 is 5.97 Å². The first kappa shape index (κ1) is 28.0. The summed E-state index contributed by atoms with van der Waals surface area (Å²) in [6.45, 7) is 2.27. The van der Waals surface area contributed by atoms with Gasteiger partial charge in [-0.15, -0.1) is 0 Å². The maximum absolute atomic E-state index is 13.6. The second kappa shape index (κ2) is 11.9. The first-order valence-corrected chi connectivity index (χ1v) is 13.8. The minimum absolute atomic E-state index is 0.159. The number of hydrogen-bond acceptors (Lipinski definition) is 5. The van der Waals surface area contributed by atoms with E-state index in [0.29, 0.717) is 23.0 Å². The van der Waals surface area contributed by atoms with Gasteiger partial charge in [-0.3, -0.25) is 14.5 Å². The zero-order chi connectivity index (χ0) is 28.4. The van der Waals surface area contributed by atoms with Crippen LogP contribution in [0.2, 0.25) is 10.0 Å². The van der Waals surface area contributed by atoms with Gasteiger partial charge in [-0.25, -0.2) is 4.79 Å². The predicted octanol–water partition coefficient (Wildman–Crippen LogP) is 5.38. The van der Waals surface area contributed by atoms with Crippen molar-refractivity contribution in [2.75, 3.05) is 44.7 Å².